The second-order valence-electron chi connectivity index (χ2n) is 6.62. The number of amides is 1. The molecule has 1 heterocycles. The number of hydrogen-bond donors (Lipinski definition) is 2. The first-order valence-corrected chi connectivity index (χ1v) is 8.50. The molecule has 5 nitrogen and oxygen atoms in total. The van der Waals surface area contributed by atoms with E-state index in [0.29, 0.717) is 25.3 Å². The second kappa shape index (κ2) is 10.2. The standard InChI is InChI=1S/C17H22F3N3O2.2ClH/c18-17(19,20)25-15-3-1-2-14(8-15)23-7-6-13(11-23)22-16(24)10-21-9-12-4-5-12;;/h1-3,8,12-13,21H,4-7,9-11H2,(H,22,24);2*1H. The van der Waals surface area contributed by atoms with E-state index in [2.05, 4.69) is 15.4 Å². The Morgan fingerprint density at radius 3 is 2.63 bits per heavy atom. The first-order valence-electron chi connectivity index (χ1n) is 8.50. The van der Waals surface area contributed by atoms with Crippen molar-refractivity contribution in [2.75, 3.05) is 31.1 Å². The number of benzene rings is 1. The van der Waals surface area contributed by atoms with Gasteiger partial charge in [0.25, 0.3) is 0 Å². The molecular weight excluding hydrogens is 406 g/mol. The van der Waals surface area contributed by atoms with Crippen LogP contribution in [-0.4, -0.2) is 44.5 Å². The van der Waals surface area contributed by atoms with E-state index < -0.39 is 6.36 Å². The van der Waals surface area contributed by atoms with Gasteiger partial charge in [0, 0.05) is 30.9 Å². The van der Waals surface area contributed by atoms with E-state index in [-0.39, 0.29) is 42.5 Å². The summed E-state index contributed by atoms with van der Waals surface area (Å²) in [7, 11) is 0. The van der Waals surface area contributed by atoms with Crippen molar-refractivity contribution in [3.05, 3.63) is 24.3 Å². The molecule has 0 radical (unpaired) electrons. The number of rotatable bonds is 7. The highest BCUT2D eigenvalue weighted by Gasteiger charge is 2.31. The van der Waals surface area contributed by atoms with Crippen LogP contribution in [0.1, 0.15) is 19.3 Å². The zero-order valence-corrected chi connectivity index (χ0v) is 16.3. The summed E-state index contributed by atoms with van der Waals surface area (Å²) in [6, 6.07) is 5.92. The number of nitrogens with zero attached hydrogens (tertiary/aromatic N) is 1. The number of anilines is 1. The van der Waals surface area contributed by atoms with Gasteiger partial charge in [-0.1, -0.05) is 6.07 Å². The van der Waals surface area contributed by atoms with Crippen molar-refractivity contribution >= 4 is 36.4 Å². The Kier molecular flexibility index (Phi) is 8.98. The predicted molar refractivity (Wildman–Crippen MR) is 102 cm³/mol. The van der Waals surface area contributed by atoms with Crippen molar-refractivity contribution in [1.82, 2.24) is 10.6 Å². The highest BCUT2D eigenvalue weighted by atomic mass is 35.5. The summed E-state index contributed by atoms with van der Waals surface area (Å²) < 4.78 is 40.9. The summed E-state index contributed by atoms with van der Waals surface area (Å²) in [6.07, 6.45) is -1.46. The molecule has 0 spiro atoms. The first-order chi connectivity index (χ1) is 11.9. The number of hydrogen-bond acceptors (Lipinski definition) is 4. The van der Waals surface area contributed by atoms with Crippen LogP contribution in [0.5, 0.6) is 5.75 Å². The van der Waals surface area contributed by atoms with Crippen LogP contribution in [0.4, 0.5) is 18.9 Å². The molecule has 1 aliphatic heterocycles. The van der Waals surface area contributed by atoms with Gasteiger partial charge in [-0.15, -0.1) is 38.0 Å². The maximum atomic E-state index is 12.3. The maximum absolute atomic E-state index is 12.3. The van der Waals surface area contributed by atoms with E-state index in [9.17, 15) is 18.0 Å². The van der Waals surface area contributed by atoms with Gasteiger partial charge in [-0.05, 0) is 43.9 Å². The van der Waals surface area contributed by atoms with Crippen LogP contribution in [0.15, 0.2) is 24.3 Å². The number of halogens is 5. The van der Waals surface area contributed by atoms with Gasteiger partial charge < -0.3 is 20.3 Å². The Bertz CT molecular complexity index is 615. The van der Waals surface area contributed by atoms with E-state index in [4.69, 9.17) is 0 Å². The molecule has 0 aromatic heterocycles. The zero-order valence-electron chi connectivity index (χ0n) is 14.6. The minimum Gasteiger partial charge on any atom is -0.406 e. The molecule has 154 valence electrons. The van der Waals surface area contributed by atoms with Crippen LogP contribution in [0, 0.1) is 5.92 Å². The highest BCUT2D eigenvalue weighted by molar-refractivity contribution is 5.85. The summed E-state index contributed by atoms with van der Waals surface area (Å²) in [4.78, 5) is 13.9. The largest absolute Gasteiger partial charge is 0.573 e. The van der Waals surface area contributed by atoms with E-state index in [1.54, 1.807) is 6.07 Å². The molecule has 1 saturated heterocycles. The fourth-order valence-electron chi connectivity index (χ4n) is 2.98. The average molecular weight is 430 g/mol. The monoisotopic (exact) mass is 429 g/mol. The summed E-state index contributed by atoms with van der Waals surface area (Å²) >= 11 is 0. The van der Waals surface area contributed by atoms with E-state index in [1.807, 2.05) is 4.90 Å². The lowest BCUT2D eigenvalue weighted by molar-refractivity contribution is -0.274. The van der Waals surface area contributed by atoms with E-state index in [1.165, 1.54) is 31.0 Å². The molecule has 2 fully saturated rings. The molecule has 1 aromatic carbocycles. The third-order valence-electron chi connectivity index (χ3n) is 4.39. The first kappa shape index (κ1) is 23.7. The predicted octanol–water partition coefficient (Wildman–Crippen LogP) is 3.12. The molecule has 1 unspecified atom stereocenters. The van der Waals surface area contributed by atoms with Crippen molar-refractivity contribution < 1.29 is 22.7 Å². The van der Waals surface area contributed by atoms with Gasteiger partial charge in [0.1, 0.15) is 5.75 Å². The molecular formula is C17H24Cl2F3N3O2. The van der Waals surface area contributed by atoms with Gasteiger partial charge in [0.15, 0.2) is 0 Å². The molecule has 1 atom stereocenters. The number of carbonyl (C=O) groups is 1. The molecule has 1 aromatic rings. The number of nitrogens with one attached hydrogen (secondary N) is 2. The molecule has 2 N–H and O–H groups in total. The number of carbonyl (C=O) groups excluding carboxylic acids is 1. The van der Waals surface area contributed by atoms with Gasteiger partial charge in [-0.2, -0.15) is 0 Å². The molecule has 10 heteroatoms. The van der Waals surface area contributed by atoms with Crippen LogP contribution < -0.4 is 20.3 Å². The molecule has 3 rings (SSSR count). The minimum atomic E-state index is -4.70. The Morgan fingerprint density at radius 1 is 1.22 bits per heavy atom. The molecule has 1 amide bonds. The van der Waals surface area contributed by atoms with Gasteiger partial charge >= 0.3 is 6.36 Å². The van der Waals surface area contributed by atoms with Crippen molar-refractivity contribution in [3.8, 4) is 5.75 Å². The maximum Gasteiger partial charge on any atom is 0.573 e. The van der Waals surface area contributed by atoms with Gasteiger partial charge in [0.05, 0.1) is 6.54 Å². The van der Waals surface area contributed by atoms with Crippen molar-refractivity contribution in [3.63, 3.8) is 0 Å². The number of alkyl halides is 3. The minimum absolute atomic E-state index is 0. The van der Waals surface area contributed by atoms with Gasteiger partial charge in [-0.25, -0.2) is 0 Å². The molecule has 27 heavy (non-hydrogen) atoms. The van der Waals surface area contributed by atoms with Crippen LogP contribution >= 0.6 is 24.8 Å². The third-order valence-corrected chi connectivity index (χ3v) is 4.39. The quantitative estimate of drug-likeness (QED) is 0.698. The summed E-state index contributed by atoms with van der Waals surface area (Å²) in [5.74, 6) is 0.449. The van der Waals surface area contributed by atoms with Gasteiger partial charge in [0.2, 0.25) is 5.91 Å². The molecule has 1 aliphatic carbocycles. The normalized spacial score (nSPS) is 19.1. The van der Waals surface area contributed by atoms with Gasteiger partial charge in [-0.3, -0.25) is 4.79 Å². The summed E-state index contributed by atoms with van der Waals surface area (Å²) in [5, 5.41) is 6.12. The lowest BCUT2D eigenvalue weighted by Crippen LogP contribution is -2.42. The Hall–Kier alpha value is -1.38. The van der Waals surface area contributed by atoms with E-state index >= 15 is 0 Å². The van der Waals surface area contributed by atoms with Crippen LogP contribution in [0.3, 0.4) is 0 Å². The SMILES string of the molecule is Cl.Cl.O=C(CNCC1CC1)NC1CCN(c2cccc(OC(F)(F)F)c2)C1. The zero-order chi connectivity index (χ0) is 17.9. The fraction of sp³-hybridized carbons (Fsp3) is 0.588. The summed E-state index contributed by atoms with van der Waals surface area (Å²) in [5.41, 5.74) is 0.658. The molecule has 0 bridgehead atoms. The topological polar surface area (TPSA) is 53.6 Å². The van der Waals surface area contributed by atoms with Crippen LogP contribution in [0.25, 0.3) is 0 Å². The smallest absolute Gasteiger partial charge is 0.406 e. The summed E-state index contributed by atoms with van der Waals surface area (Å²) in [6.45, 7) is 2.44. The lowest BCUT2D eigenvalue weighted by atomic mass is 10.2. The Balaban J connectivity index is 0.00000182. The lowest BCUT2D eigenvalue weighted by Gasteiger charge is -2.20. The Labute approximate surface area is 168 Å². The highest BCUT2D eigenvalue weighted by Crippen LogP contribution is 2.29. The molecule has 1 saturated carbocycles. The van der Waals surface area contributed by atoms with Crippen LogP contribution in [-0.2, 0) is 4.79 Å². The number of ether oxygens (including phenoxy) is 1. The van der Waals surface area contributed by atoms with Crippen LogP contribution in [0.2, 0.25) is 0 Å². The van der Waals surface area contributed by atoms with E-state index in [0.717, 1.165) is 18.9 Å². The van der Waals surface area contributed by atoms with Crippen molar-refractivity contribution in [2.24, 2.45) is 5.92 Å². The molecule has 2 aliphatic rings. The van der Waals surface area contributed by atoms with Crippen molar-refractivity contribution in [2.45, 2.75) is 31.7 Å². The van der Waals surface area contributed by atoms with Crippen molar-refractivity contribution in [1.29, 1.82) is 0 Å². The fourth-order valence-corrected chi connectivity index (χ4v) is 2.98. The third kappa shape index (κ3) is 8.02. The Morgan fingerprint density at radius 2 is 1.96 bits per heavy atom. The second-order valence-corrected chi connectivity index (χ2v) is 6.62. The average Bonchev–Trinajstić information content (AvgIpc) is 3.23.